The van der Waals surface area contributed by atoms with Gasteiger partial charge in [0.25, 0.3) is 0 Å². The first-order valence-electron chi connectivity index (χ1n) is 7.78. The maximum Gasteiger partial charge on any atom is 0.337 e. The number of nitrogens with zero attached hydrogens (tertiary/aromatic N) is 1. The summed E-state index contributed by atoms with van der Waals surface area (Å²) in [6, 6.07) is 5.44. The van der Waals surface area contributed by atoms with Crippen LogP contribution >= 0.6 is 0 Å². The van der Waals surface area contributed by atoms with E-state index in [4.69, 9.17) is 10.5 Å². The number of esters is 1. The van der Waals surface area contributed by atoms with Gasteiger partial charge in [0.15, 0.2) is 0 Å². The second kappa shape index (κ2) is 6.37. The van der Waals surface area contributed by atoms with E-state index in [1.807, 2.05) is 6.07 Å². The Balaban J connectivity index is 2.12. The van der Waals surface area contributed by atoms with E-state index in [2.05, 4.69) is 18.7 Å². The van der Waals surface area contributed by atoms with Gasteiger partial charge >= 0.3 is 5.97 Å². The summed E-state index contributed by atoms with van der Waals surface area (Å²) in [5.41, 5.74) is 8.81. The zero-order valence-electron chi connectivity index (χ0n) is 13.3. The summed E-state index contributed by atoms with van der Waals surface area (Å²) in [6.07, 6.45) is 4.90. The minimum atomic E-state index is -0.345. The van der Waals surface area contributed by atoms with Gasteiger partial charge in [-0.2, -0.15) is 0 Å². The number of carbonyl (C=O) groups excluding carboxylic acids is 1. The molecular formula is C17H26N2O2. The molecule has 0 aromatic heterocycles. The van der Waals surface area contributed by atoms with Gasteiger partial charge in [-0.25, -0.2) is 4.79 Å². The smallest absolute Gasteiger partial charge is 0.337 e. The third-order valence-corrected chi connectivity index (χ3v) is 5.11. The molecule has 0 atom stereocenters. The van der Waals surface area contributed by atoms with E-state index in [-0.39, 0.29) is 5.97 Å². The van der Waals surface area contributed by atoms with Crippen molar-refractivity contribution in [3.8, 4) is 0 Å². The number of benzene rings is 1. The molecule has 2 rings (SSSR count). The highest BCUT2D eigenvalue weighted by Gasteiger charge is 2.31. The van der Waals surface area contributed by atoms with Gasteiger partial charge in [-0.05, 0) is 36.5 Å². The van der Waals surface area contributed by atoms with Crippen LogP contribution in [0.5, 0.6) is 0 Å². The molecule has 21 heavy (non-hydrogen) atoms. The van der Waals surface area contributed by atoms with Crippen molar-refractivity contribution in [2.24, 2.45) is 5.41 Å². The largest absolute Gasteiger partial charge is 0.465 e. The lowest BCUT2D eigenvalue weighted by Gasteiger charge is -2.42. The summed E-state index contributed by atoms with van der Waals surface area (Å²) in [6.45, 7) is 6.64. The second-order valence-electron chi connectivity index (χ2n) is 5.96. The topological polar surface area (TPSA) is 55.6 Å². The van der Waals surface area contributed by atoms with Crippen molar-refractivity contribution >= 4 is 17.3 Å². The first kappa shape index (κ1) is 15.7. The summed E-state index contributed by atoms with van der Waals surface area (Å²) in [5.74, 6) is -0.345. The molecule has 4 heteroatoms. The highest BCUT2D eigenvalue weighted by Crippen LogP contribution is 2.40. The third kappa shape index (κ3) is 3.14. The predicted molar refractivity (Wildman–Crippen MR) is 86.7 cm³/mol. The Morgan fingerprint density at radius 2 is 1.90 bits per heavy atom. The number of hydrogen-bond acceptors (Lipinski definition) is 4. The Morgan fingerprint density at radius 1 is 1.29 bits per heavy atom. The van der Waals surface area contributed by atoms with Gasteiger partial charge in [-0.1, -0.05) is 26.7 Å². The SMILES string of the molecule is CCC1(CC)CCN(c2ccc(C(=O)OC)cc2N)CC1. The van der Waals surface area contributed by atoms with Crippen molar-refractivity contribution in [1.29, 1.82) is 0 Å². The molecule has 0 aliphatic carbocycles. The Morgan fingerprint density at radius 3 is 2.38 bits per heavy atom. The van der Waals surface area contributed by atoms with Crippen LogP contribution < -0.4 is 10.6 Å². The predicted octanol–water partition coefficient (Wildman–Crippen LogP) is 3.46. The van der Waals surface area contributed by atoms with Crippen LogP contribution in [-0.4, -0.2) is 26.2 Å². The average molecular weight is 290 g/mol. The molecule has 1 aliphatic rings. The molecule has 116 valence electrons. The molecule has 0 amide bonds. The molecule has 4 nitrogen and oxygen atoms in total. The van der Waals surface area contributed by atoms with Gasteiger partial charge in [-0.3, -0.25) is 0 Å². The van der Waals surface area contributed by atoms with Crippen molar-refractivity contribution in [2.75, 3.05) is 30.8 Å². The number of nitrogens with two attached hydrogens (primary N) is 1. The number of anilines is 2. The molecule has 1 heterocycles. The quantitative estimate of drug-likeness (QED) is 0.681. The normalized spacial score (nSPS) is 17.6. The fourth-order valence-electron chi connectivity index (χ4n) is 3.27. The highest BCUT2D eigenvalue weighted by molar-refractivity contribution is 5.92. The third-order valence-electron chi connectivity index (χ3n) is 5.11. The van der Waals surface area contributed by atoms with E-state index in [1.165, 1.54) is 32.8 Å². The van der Waals surface area contributed by atoms with Gasteiger partial charge in [-0.15, -0.1) is 0 Å². The van der Waals surface area contributed by atoms with Crippen molar-refractivity contribution in [2.45, 2.75) is 39.5 Å². The number of nitrogen functional groups attached to an aromatic ring is 1. The van der Waals surface area contributed by atoms with Crippen LogP contribution in [0.4, 0.5) is 11.4 Å². The highest BCUT2D eigenvalue weighted by atomic mass is 16.5. The summed E-state index contributed by atoms with van der Waals surface area (Å²) in [5, 5.41) is 0. The zero-order valence-corrected chi connectivity index (χ0v) is 13.3. The van der Waals surface area contributed by atoms with Crippen LogP contribution in [0.2, 0.25) is 0 Å². The fraction of sp³-hybridized carbons (Fsp3) is 0.588. The Kier molecular flexibility index (Phi) is 4.76. The lowest BCUT2D eigenvalue weighted by molar-refractivity contribution is 0.0601. The molecule has 1 fully saturated rings. The Bertz CT molecular complexity index is 500. The van der Waals surface area contributed by atoms with Crippen molar-refractivity contribution in [1.82, 2.24) is 0 Å². The summed E-state index contributed by atoms with van der Waals surface area (Å²) < 4.78 is 4.72. The molecule has 1 saturated heterocycles. The molecule has 0 saturated carbocycles. The van der Waals surface area contributed by atoms with Crippen LogP contribution in [0.15, 0.2) is 18.2 Å². The van der Waals surface area contributed by atoms with Gasteiger partial charge < -0.3 is 15.4 Å². The first-order chi connectivity index (χ1) is 10.0. The maximum absolute atomic E-state index is 11.5. The molecular weight excluding hydrogens is 264 g/mol. The minimum Gasteiger partial charge on any atom is -0.465 e. The zero-order chi connectivity index (χ0) is 15.5. The van der Waals surface area contributed by atoms with E-state index < -0.39 is 0 Å². The van der Waals surface area contributed by atoms with Gasteiger partial charge in [0, 0.05) is 13.1 Å². The number of ether oxygens (including phenoxy) is 1. The Hall–Kier alpha value is -1.71. The van der Waals surface area contributed by atoms with Gasteiger partial charge in [0.1, 0.15) is 0 Å². The van der Waals surface area contributed by atoms with Crippen LogP contribution in [0.1, 0.15) is 49.9 Å². The fourth-order valence-corrected chi connectivity index (χ4v) is 3.27. The monoisotopic (exact) mass is 290 g/mol. The molecule has 2 N–H and O–H groups in total. The van der Waals surface area contributed by atoms with Crippen molar-refractivity contribution < 1.29 is 9.53 Å². The number of methoxy groups -OCH3 is 1. The van der Waals surface area contributed by atoms with Crippen molar-refractivity contribution in [3.63, 3.8) is 0 Å². The van der Waals surface area contributed by atoms with E-state index in [9.17, 15) is 4.79 Å². The van der Waals surface area contributed by atoms with E-state index in [0.717, 1.165) is 18.8 Å². The average Bonchev–Trinajstić information content (AvgIpc) is 2.54. The molecule has 1 aliphatic heterocycles. The first-order valence-corrected chi connectivity index (χ1v) is 7.78. The molecule has 0 spiro atoms. The van der Waals surface area contributed by atoms with E-state index in [0.29, 0.717) is 16.7 Å². The van der Waals surface area contributed by atoms with Crippen molar-refractivity contribution in [3.05, 3.63) is 23.8 Å². The molecule has 0 radical (unpaired) electrons. The van der Waals surface area contributed by atoms with E-state index in [1.54, 1.807) is 12.1 Å². The van der Waals surface area contributed by atoms with Crippen LogP contribution in [0.25, 0.3) is 0 Å². The van der Waals surface area contributed by atoms with Crippen LogP contribution in [-0.2, 0) is 4.74 Å². The van der Waals surface area contributed by atoms with E-state index >= 15 is 0 Å². The molecule has 1 aromatic rings. The number of piperidine rings is 1. The summed E-state index contributed by atoms with van der Waals surface area (Å²) in [4.78, 5) is 13.9. The number of carbonyl (C=O) groups is 1. The standard InChI is InChI=1S/C17H26N2O2/c1-4-17(5-2)8-10-19(11-9-17)15-7-6-13(12-14(15)18)16(20)21-3/h6-7,12H,4-5,8-11,18H2,1-3H3. The lowest BCUT2D eigenvalue weighted by atomic mass is 9.74. The minimum absolute atomic E-state index is 0.345. The second-order valence-corrected chi connectivity index (χ2v) is 5.96. The van der Waals surface area contributed by atoms with Crippen LogP contribution in [0, 0.1) is 5.41 Å². The summed E-state index contributed by atoms with van der Waals surface area (Å²) in [7, 11) is 1.38. The van der Waals surface area contributed by atoms with Crippen LogP contribution in [0.3, 0.4) is 0 Å². The molecule has 0 unspecified atom stereocenters. The van der Waals surface area contributed by atoms with Gasteiger partial charge in [0.05, 0.1) is 24.0 Å². The summed E-state index contributed by atoms with van der Waals surface area (Å²) >= 11 is 0. The molecule has 1 aromatic carbocycles. The lowest BCUT2D eigenvalue weighted by Crippen LogP contribution is -2.39. The number of rotatable bonds is 4. The maximum atomic E-state index is 11.5. The van der Waals surface area contributed by atoms with Gasteiger partial charge in [0.2, 0.25) is 0 Å². The number of hydrogen-bond donors (Lipinski definition) is 1. The molecule has 0 bridgehead atoms. The Labute approximate surface area is 127 Å².